The third-order valence-electron chi connectivity index (χ3n) is 3.11. The molecule has 0 aromatic heterocycles. The van der Waals surface area contributed by atoms with Crippen molar-refractivity contribution in [2.45, 2.75) is 46.0 Å². The summed E-state index contributed by atoms with van der Waals surface area (Å²) in [6.45, 7) is 8.83. The molecule has 1 unspecified atom stereocenters. The number of ether oxygens (including phenoxy) is 1. The highest BCUT2D eigenvalue weighted by Gasteiger charge is 2.14. The van der Waals surface area contributed by atoms with Gasteiger partial charge in [0, 0.05) is 4.47 Å². The first-order valence-corrected chi connectivity index (χ1v) is 6.67. The van der Waals surface area contributed by atoms with Gasteiger partial charge in [-0.3, -0.25) is 0 Å². The molecule has 0 aliphatic rings. The van der Waals surface area contributed by atoms with Crippen molar-refractivity contribution in [3.8, 4) is 5.75 Å². The van der Waals surface area contributed by atoms with Crippen molar-refractivity contribution in [1.29, 1.82) is 0 Å². The molecule has 0 aliphatic heterocycles. The van der Waals surface area contributed by atoms with E-state index in [1.165, 1.54) is 15.6 Å². The first-order chi connectivity index (χ1) is 7.51. The van der Waals surface area contributed by atoms with Crippen LogP contribution in [0.1, 0.15) is 57.1 Å². The van der Waals surface area contributed by atoms with Gasteiger partial charge in [-0.25, -0.2) is 0 Å². The van der Waals surface area contributed by atoms with Gasteiger partial charge in [0.15, 0.2) is 0 Å². The van der Waals surface area contributed by atoms with Gasteiger partial charge in [-0.1, -0.05) is 43.6 Å². The summed E-state index contributed by atoms with van der Waals surface area (Å²) in [6, 6.07) is 4.37. The number of benzene rings is 1. The summed E-state index contributed by atoms with van der Waals surface area (Å²) in [5.74, 6) is 2.05. The smallest absolute Gasteiger partial charge is 0.122 e. The van der Waals surface area contributed by atoms with Crippen LogP contribution in [0.3, 0.4) is 0 Å². The third kappa shape index (κ3) is 2.79. The highest BCUT2D eigenvalue weighted by molar-refractivity contribution is 9.10. The van der Waals surface area contributed by atoms with Gasteiger partial charge in [-0.05, 0) is 41.5 Å². The summed E-state index contributed by atoms with van der Waals surface area (Å²) in [6.07, 6.45) is 1.14. The van der Waals surface area contributed by atoms with E-state index in [1.807, 2.05) is 0 Å². The fourth-order valence-electron chi connectivity index (χ4n) is 1.81. The summed E-state index contributed by atoms with van der Waals surface area (Å²) in [4.78, 5) is 0. The fourth-order valence-corrected chi connectivity index (χ4v) is 2.56. The van der Waals surface area contributed by atoms with E-state index < -0.39 is 0 Å². The lowest BCUT2D eigenvalue weighted by atomic mass is 9.94. The molecule has 0 N–H and O–H groups in total. The largest absolute Gasteiger partial charge is 0.496 e. The Labute approximate surface area is 107 Å². The predicted octanol–water partition coefficient (Wildman–Crippen LogP) is 5.09. The summed E-state index contributed by atoms with van der Waals surface area (Å²) in [5, 5.41) is 0. The van der Waals surface area contributed by atoms with Crippen molar-refractivity contribution in [2.75, 3.05) is 7.11 Å². The minimum Gasteiger partial charge on any atom is -0.496 e. The normalized spacial score (nSPS) is 12.9. The van der Waals surface area contributed by atoms with Crippen molar-refractivity contribution < 1.29 is 4.74 Å². The lowest BCUT2D eigenvalue weighted by Gasteiger charge is -2.18. The average molecular weight is 285 g/mol. The second-order valence-electron chi connectivity index (χ2n) is 4.58. The van der Waals surface area contributed by atoms with Crippen molar-refractivity contribution in [3.05, 3.63) is 27.7 Å². The van der Waals surface area contributed by atoms with Crippen LogP contribution in [-0.4, -0.2) is 7.11 Å². The molecule has 0 aliphatic carbocycles. The van der Waals surface area contributed by atoms with Gasteiger partial charge < -0.3 is 4.74 Å². The molecule has 0 amide bonds. The summed E-state index contributed by atoms with van der Waals surface area (Å²) < 4.78 is 6.68. The van der Waals surface area contributed by atoms with Crippen LogP contribution >= 0.6 is 15.9 Å². The molecular formula is C14H21BrO. The predicted molar refractivity (Wildman–Crippen MR) is 73.5 cm³/mol. The Bertz CT molecular complexity index is 358. The van der Waals surface area contributed by atoms with E-state index in [-0.39, 0.29) is 0 Å². The third-order valence-corrected chi connectivity index (χ3v) is 3.80. The molecule has 1 atom stereocenters. The van der Waals surface area contributed by atoms with Gasteiger partial charge in [0.1, 0.15) is 5.75 Å². The number of halogens is 1. The van der Waals surface area contributed by atoms with Crippen LogP contribution in [0.4, 0.5) is 0 Å². The molecular weight excluding hydrogens is 264 g/mol. The summed E-state index contributed by atoms with van der Waals surface area (Å²) in [7, 11) is 1.75. The van der Waals surface area contributed by atoms with E-state index in [4.69, 9.17) is 4.74 Å². The van der Waals surface area contributed by atoms with Gasteiger partial charge in [-0.15, -0.1) is 0 Å². The fraction of sp³-hybridized carbons (Fsp3) is 0.571. The van der Waals surface area contributed by atoms with Crippen LogP contribution in [0.2, 0.25) is 0 Å². The van der Waals surface area contributed by atoms with Crippen LogP contribution in [0.25, 0.3) is 0 Å². The van der Waals surface area contributed by atoms with Crippen LogP contribution < -0.4 is 4.74 Å². The van der Waals surface area contributed by atoms with E-state index in [9.17, 15) is 0 Å². The van der Waals surface area contributed by atoms with Crippen molar-refractivity contribution in [2.24, 2.45) is 0 Å². The van der Waals surface area contributed by atoms with Gasteiger partial charge >= 0.3 is 0 Å². The van der Waals surface area contributed by atoms with Crippen LogP contribution in [0.15, 0.2) is 16.6 Å². The molecule has 0 saturated carbocycles. The Morgan fingerprint density at radius 3 is 2.25 bits per heavy atom. The number of hydrogen-bond donors (Lipinski definition) is 0. The molecule has 16 heavy (non-hydrogen) atoms. The maximum atomic E-state index is 5.48. The highest BCUT2D eigenvalue weighted by Crippen LogP contribution is 2.36. The Hall–Kier alpha value is -0.500. The monoisotopic (exact) mass is 284 g/mol. The Balaban J connectivity index is 3.25. The van der Waals surface area contributed by atoms with Gasteiger partial charge in [0.05, 0.1) is 7.11 Å². The zero-order valence-corrected chi connectivity index (χ0v) is 12.4. The minimum absolute atomic E-state index is 0.484. The van der Waals surface area contributed by atoms with E-state index >= 15 is 0 Å². The van der Waals surface area contributed by atoms with Crippen molar-refractivity contribution >= 4 is 15.9 Å². The molecule has 0 spiro atoms. The van der Waals surface area contributed by atoms with Crippen LogP contribution in [0.5, 0.6) is 5.75 Å². The van der Waals surface area contributed by atoms with Crippen LogP contribution in [0, 0.1) is 0 Å². The SMILES string of the molecule is CCC(C)c1cc(OC)c(C(C)C)cc1Br. The molecule has 0 saturated heterocycles. The number of rotatable bonds is 4. The first kappa shape index (κ1) is 13.6. The second-order valence-corrected chi connectivity index (χ2v) is 5.43. The Morgan fingerprint density at radius 2 is 1.81 bits per heavy atom. The quantitative estimate of drug-likeness (QED) is 0.748. The molecule has 0 heterocycles. The molecule has 90 valence electrons. The molecule has 1 rings (SSSR count). The topological polar surface area (TPSA) is 9.23 Å². The zero-order valence-electron chi connectivity index (χ0n) is 10.8. The maximum Gasteiger partial charge on any atom is 0.122 e. The Kier molecular flexibility index (Phi) is 4.85. The lowest BCUT2D eigenvalue weighted by molar-refractivity contribution is 0.406. The van der Waals surface area contributed by atoms with Crippen molar-refractivity contribution in [3.63, 3.8) is 0 Å². The summed E-state index contributed by atoms with van der Waals surface area (Å²) >= 11 is 3.66. The average Bonchev–Trinajstić information content (AvgIpc) is 2.27. The number of hydrogen-bond acceptors (Lipinski definition) is 1. The number of methoxy groups -OCH3 is 1. The molecule has 0 radical (unpaired) electrons. The molecule has 1 aromatic carbocycles. The Morgan fingerprint density at radius 1 is 1.19 bits per heavy atom. The van der Waals surface area contributed by atoms with Crippen LogP contribution in [-0.2, 0) is 0 Å². The molecule has 0 fully saturated rings. The molecule has 1 nitrogen and oxygen atoms in total. The van der Waals surface area contributed by atoms with E-state index in [0.29, 0.717) is 11.8 Å². The lowest BCUT2D eigenvalue weighted by Crippen LogP contribution is -1.99. The standard InChI is InChI=1S/C14H21BrO/c1-6-10(4)12-8-14(16-5)11(9(2)3)7-13(12)15/h7-10H,6H2,1-5H3. The minimum atomic E-state index is 0.484. The van der Waals surface area contributed by atoms with Crippen molar-refractivity contribution in [1.82, 2.24) is 0 Å². The maximum absolute atomic E-state index is 5.48. The van der Waals surface area contributed by atoms with E-state index in [0.717, 1.165) is 12.2 Å². The molecule has 1 aromatic rings. The van der Waals surface area contributed by atoms with E-state index in [1.54, 1.807) is 7.11 Å². The van der Waals surface area contributed by atoms with Gasteiger partial charge in [-0.2, -0.15) is 0 Å². The summed E-state index contributed by atoms with van der Waals surface area (Å²) in [5.41, 5.74) is 2.60. The highest BCUT2D eigenvalue weighted by atomic mass is 79.9. The van der Waals surface area contributed by atoms with E-state index in [2.05, 4.69) is 55.8 Å². The first-order valence-electron chi connectivity index (χ1n) is 5.88. The zero-order chi connectivity index (χ0) is 12.3. The molecule has 2 heteroatoms. The van der Waals surface area contributed by atoms with Gasteiger partial charge in [0.25, 0.3) is 0 Å². The second kappa shape index (κ2) is 5.72. The molecule has 0 bridgehead atoms. The van der Waals surface area contributed by atoms with Gasteiger partial charge in [0.2, 0.25) is 0 Å².